The van der Waals surface area contributed by atoms with Gasteiger partial charge in [0, 0.05) is 25.4 Å². The highest BCUT2D eigenvalue weighted by molar-refractivity contribution is 7.90. The van der Waals surface area contributed by atoms with Gasteiger partial charge in [-0.25, -0.2) is 16.8 Å². The third-order valence-corrected chi connectivity index (χ3v) is 6.83. The highest BCUT2D eigenvalue weighted by Crippen LogP contribution is 2.23. The molecule has 2 unspecified atom stereocenters. The molecule has 0 amide bonds. The van der Waals surface area contributed by atoms with Gasteiger partial charge in [0.25, 0.3) is 0 Å². The van der Waals surface area contributed by atoms with E-state index in [9.17, 15) is 16.8 Å². The Balaban J connectivity index is 2.28. The van der Waals surface area contributed by atoms with E-state index in [1.807, 2.05) is 6.92 Å². The SMILES string of the molecule is CC1CN(S(=O)(=O)c2ccc(S(C)(=O)=O)cc2)CCC1N. The van der Waals surface area contributed by atoms with Crippen LogP contribution in [-0.4, -0.2) is 46.5 Å². The van der Waals surface area contributed by atoms with E-state index in [1.54, 1.807) is 0 Å². The van der Waals surface area contributed by atoms with E-state index in [4.69, 9.17) is 5.73 Å². The predicted molar refractivity (Wildman–Crippen MR) is 80.1 cm³/mol. The molecule has 1 aliphatic rings. The maximum Gasteiger partial charge on any atom is 0.243 e. The molecule has 1 aliphatic heterocycles. The largest absolute Gasteiger partial charge is 0.327 e. The van der Waals surface area contributed by atoms with Crippen molar-refractivity contribution in [2.45, 2.75) is 29.2 Å². The summed E-state index contributed by atoms with van der Waals surface area (Å²) in [7, 11) is -6.93. The number of nitrogens with zero attached hydrogens (tertiary/aromatic N) is 1. The number of sulfonamides is 1. The Morgan fingerprint density at radius 2 is 1.62 bits per heavy atom. The summed E-state index contributed by atoms with van der Waals surface area (Å²) in [6.07, 6.45) is 1.71. The average Bonchev–Trinajstić information content (AvgIpc) is 2.41. The van der Waals surface area contributed by atoms with E-state index in [1.165, 1.54) is 28.6 Å². The van der Waals surface area contributed by atoms with Crippen LogP contribution in [0.3, 0.4) is 0 Å². The summed E-state index contributed by atoms with van der Waals surface area (Å²) in [5.41, 5.74) is 5.90. The number of rotatable bonds is 3. The first-order chi connectivity index (χ1) is 9.62. The molecule has 1 fully saturated rings. The zero-order valence-electron chi connectivity index (χ0n) is 12.1. The lowest BCUT2D eigenvalue weighted by atomic mass is 9.96. The molecule has 118 valence electrons. The molecule has 0 saturated carbocycles. The van der Waals surface area contributed by atoms with Gasteiger partial charge in [0.1, 0.15) is 0 Å². The lowest BCUT2D eigenvalue weighted by Gasteiger charge is -2.34. The zero-order chi connectivity index (χ0) is 15.8. The Labute approximate surface area is 125 Å². The third-order valence-electron chi connectivity index (χ3n) is 3.82. The first-order valence-corrected chi connectivity index (χ1v) is 10.0. The molecule has 0 bridgehead atoms. The summed E-state index contributed by atoms with van der Waals surface area (Å²) in [5, 5.41) is 0. The van der Waals surface area contributed by atoms with E-state index in [2.05, 4.69) is 0 Å². The summed E-state index contributed by atoms with van der Waals surface area (Å²) in [6, 6.07) is 5.34. The zero-order valence-corrected chi connectivity index (χ0v) is 13.7. The number of hydrogen-bond acceptors (Lipinski definition) is 5. The van der Waals surface area contributed by atoms with Crippen molar-refractivity contribution in [2.75, 3.05) is 19.3 Å². The molecule has 0 radical (unpaired) electrons. The molecule has 1 heterocycles. The smallest absolute Gasteiger partial charge is 0.243 e. The summed E-state index contributed by atoms with van der Waals surface area (Å²) in [4.78, 5) is 0.216. The highest BCUT2D eigenvalue weighted by Gasteiger charge is 2.32. The molecule has 21 heavy (non-hydrogen) atoms. The molecule has 2 atom stereocenters. The van der Waals surface area contributed by atoms with Gasteiger partial charge in [0.05, 0.1) is 9.79 Å². The standard InChI is InChI=1S/C13H20N2O4S2/c1-10-9-15(8-7-13(10)14)21(18,19)12-5-3-11(4-6-12)20(2,16)17/h3-6,10,13H,7-9,14H2,1-2H3. The lowest BCUT2D eigenvalue weighted by molar-refractivity contribution is 0.250. The van der Waals surface area contributed by atoms with Crippen molar-refractivity contribution >= 4 is 19.9 Å². The number of piperidine rings is 1. The number of nitrogens with two attached hydrogens (primary N) is 1. The van der Waals surface area contributed by atoms with Gasteiger partial charge >= 0.3 is 0 Å². The summed E-state index contributed by atoms with van der Waals surface area (Å²) in [6.45, 7) is 2.71. The molecular weight excluding hydrogens is 312 g/mol. The minimum Gasteiger partial charge on any atom is -0.327 e. The summed E-state index contributed by atoms with van der Waals surface area (Å²) >= 11 is 0. The minimum absolute atomic E-state index is 0.0176. The van der Waals surface area contributed by atoms with E-state index < -0.39 is 19.9 Å². The molecule has 1 saturated heterocycles. The van der Waals surface area contributed by atoms with Crippen molar-refractivity contribution in [1.82, 2.24) is 4.31 Å². The molecule has 0 aromatic heterocycles. The van der Waals surface area contributed by atoms with E-state index in [0.717, 1.165) is 6.26 Å². The van der Waals surface area contributed by atoms with Crippen LogP contribution in [0.25, 0.3) is 0 Å². The van der Waals surface area contributed by atoms with Gasteiger partial charge in [-0.15, -0.1) is 0 Å². The quantitative estimate of drug-likeness (QED) is 0.866. The number of hydrogen-bond donors (Lipinski definition) is 1. The van der Waals surface area contributed by atoms with Crippen molar-refractivity contribution in [3.8, 4) is 0 Å². The van der Waals surface area contributed by atoms with Gasteiger partial charge in [0.15, 0.2) is 9.84 Å². The molecule has 2 rings (SSSR count). The average molecular weight is 332 g/mol. The molecule has 8 heteroatoms. The topological polar surface area (TPSA) is 97.5 Å². The van der Waals surface area contributed by atoms with Crippen LogP contribution in [0, 0.1) is 5.92 Å². The van der Waals surface area contributed by atoms with Gasteiger partial charge in [-0.1, -0.05) is 6.92 Å². The van der Waals surface area contributed by atoms with Gasteiger partial charge in [0.2, 0.25) is 10.0 Å². The second kappa shape index (κ2) is 5.68. The highest BCUT2D eigenvalue weighted by atomic mass is 32.2. The number of sulfone groups is 1. The third kappa shape index (κ3) is 3.45. The van der Waals surface area contributed by atoms with Crippen molar-refractivity contribution in [2.24, 2.45) is 11.7 Å². The van der Waals surface area contributed by atoms with Crippen molar-refractivity contribution < 1.29 is 16.8 Å². The van der Waals surface area contributed by atoms with Gasteiger partial charge < -0.3 is 5.73 Å². The Morgan fingerprint density at radius 3 is 2.10 bits per heavy atom. The Morgan fingerprint density at radius 1 is 1.10 bits per heavy atom. The summed E-state index contributed by atoms with van der Waals surface area (Å²) in [5.74, 6) is 0.101. The first kappa shape index (κ1) is 16.4. The van der Waals surface area contributed by atoms with Crippen LogP contribution < -0.4 is 5.73 Å². The predicted octanol–water partition coefficient (Wildman–Crippen LogP) is 0.448. The maximum absolute atomic E-state index is 12.5. The van der Waals surface area contributed by atoms with Crippen LogP contribution in [0.1, 0.15) is 13.3 Å². The molecule has 0 aliphatic carbocycles. The Hall–Kier alpha value is -0.960. The molecule has 0 spiro atoms. The Kier molecular flexibility index (Phi) is 4.44. The fraction of sp³-hybridized carbons (Fsp3) is 0.538. The molecule has 2 N–H and O–H groups in total. The van der Waals surface area contributed by atoms with E-state index >= 15 is 0 Å². The van der Waals surface area contributed by atoms with Crippen molar-refractivity contribution in [3.63, 3.8) is 0 Å². The fourth-order valence-corrected chi connectivity index (χ4v) is 4.54. The van der Waals surface area contributed by atoms with Gasteiger partial charge in [-0.2, -0.15) is 4.31 Å². The second-order valence-electron chi connectivity index (χ2n) is 5.54. The van der Waals surface area contributed by atoms with Gasteiger partial charge in [-0.3, -0.25) is 0 Å². The first-order valence-electron chi connectivity index (χ1n) is 6.68. The maximum atomic E-state index is 12.5. The minimum atomic E-state index is -3.60. The van der Waals surface area contributed by atoms with Gasteiger partial charge in [-0.05, 0) is 36.6 Å². The van der Waals surface area contributed by atoms with Crippen LogP contribution in [-0.2, 0) is 19.9 Å². The summed E-state index contributed by atoms with van der Waals surface area (Å²) < 4.78 is 49.3. The fourth-order valence-electron chi connectivity index (χ4n) is 2.35. The second-order valence-corrected chi connectivity index (χ2v) is 9.49. The molecule has 1 aromatic rings. The van der Waals surface area contributed by atoms with Crippen LogP contribution in [0.5, 0.6) is 0 Å². The number of benzene rings is 1. The van der Waals surface area contributed by atoms with E-state index in [-0.39, 0.29) is 21.8 Å². The molecule has 6 nitrogen and oxygen atoms in total. The van der Waals surface area contributed by atoms with Crippen molar-refractivity contribution in [3.05, 3.63) is 24.3 Å². The van der Waals surface area contributed by atoms with Crippen LogP contribution >= 0.6 is 0 Å². The van der Waals surface area contributed by atoms with Crippen LogP contribution in [0.4, 0.5) is 0 Å². The molecular formula is C13H20N2O4S2. The lowest BCUT2D eigenvalue weighted by Crippen LogP contribution is -2.48. The normalized spacial score (nSPS) is 24.9. The van der Waals surface area contributed by atoms with Crippen LogP contribution in [0.2, 0.25) is 0 Å². The van der Waals surface area contributed by atoms with Crippen LogP contribution in [0.15, 0.2) is 34.1 Å². The molecule has 1 aromatic carbocycles. The Bertz CT molecular complexity index is 711. The van der Waals surface area contributed by atoms with Crippen molar-refractivity contribution in [1.29, 1.82) is 0 Å². The van der Waals surface area contributed by atoms with E-state index in [0.29, 0.717) is 19.5 Å². The monoisotopic (exact) mass is 332 g/mol.